The monoisotopic (exact) mass is 243 g/mol. The van der Waals surface area contributed by atoms with Crippen molar-refractivity contribution in [3.8, 4) is 0 Å². The topological polar surface area (TPSA) is 29.9 Å². The van der Waals surface area contributed by atoms with Crippen LogP contribution in [0.15, 0.2) is 30.3 Å². The van der Waals surface area contributed by atoms with Gasteiger partial charge in [0.05, 0.1) is 11.4 Å². The maximum atomic E-state index is 4.45. The predicted molar refractivity (Wildman–Crippen MR) is 74.3 cm³/mol. The minimum atomic E-state index is 0.859. The molecule has 0 amide bonds. The highest BCUT2D eigenvalue weighted by Gasteiger charge is 2.03. The minimum Gasteiger partial charge on any atom is -0.307 e. The van der Waals surface area contributed by atoms with Crippen LogP contribution in [-0.2, 0) is 26.6 Å². The Kier molecular flexibility index (Phi) is 4.15. The molecule has 0 saturated heterocycles. The molecule has 0 aliphatic rings. The van der Waals surface area contributed by atoms with Crippen molar-refractivity contribution in [2.75, 3.05) is 0 Å². The van der Waals surface area contributed by atoms with Gasteiger partial charge < -0.3 is 5.32 Å². The third-order valence-electron chi connectivity index (χ3n) is 3.11. The first-order chi connectivity index (χ1) is 8.69. The summed E-state index contributed by atoms with van der Waals surface area (Å²) in [6.07, 6.45) is 0.992. The van der Waals surface area contributed by atoms with Crippen LogP contribution in [0.2, 0.25) is 0 Å². The fourth-order valence-electron chi connectivity index (χ4n) is 2.07. The van der Waals surface area contributed by atoms with Gasteiger partial charge in [-0.1, -0.05) is 36.8 Å². The van der Waals surface area contributed by atoms with Crippen molar-refractivity contribution in [3.63, 3.8) is 0 Å². The number of aryl methyl sites for hydroxylation is 3. The zero-order valence-corrected chi connectivity index (χ0v) is 11.4. The number of hydrogen-bond acceptors (Lipinski definition) is 2. The quantitative estimate of drug-likeness (QED) is 0.874. The van der Waals surface area contributed by atoms with Gasteiger partial charge in [-0.2, -0.15) is 5.10 Å². The molecule has 1 N–H and O–H groups in total. The first-order valence-corrected chi connectivity index (χ1v) is 6.47. The van der Waals surface area contributed by atoms with Crippen molar-refractivity contribution in [1.82, 2.24) is 15.1 Å². The predicted octanol–water partition coefficient (Wildman–Crippen LogP) is 2.58. The van der Waals surface area contributed by atoms with Crippen molar-refractivity contribution in [1.29, 1.82) is 0 Å². The summed E-state index contributed by atoms with van der Waals surface area (Å²) < 4.78 is 1.96. The van der Waals surface area contributed by atoms with Crippen molar-refractivity contribution < 1.29 is 0 Å². The average Bonchev–Trinajstić information content (AvgIpc) is 2.71. The largest absolute Gasteiger partial charge is 0.307 e. The second-order valence-electron chi connectivity index (χ2n) is 4.70. The Balaban J connectivity index is 1.90. The molecule has 0 spiro atoms. The highest BCUT2D eigenvalue weighted by Crippen LogP contribution is 2.06. The van der Waals surface area contributed by atoms with Crippen LogP contribution < -0.4 is 5.32 Å². The molecule has 0 atom stereocenters. The molecule has 2 rings (SSSR count). The van der Waals surface area contributed by atoms with Gasteiger partial charge >= 0.3 is 0 Å². The Morgan fingerprint density at radius 1 is 1.22 bits per heavy atom. The van der Waals surface area contributed by atoms with Crippen molar-refractivity contribution >= 4 is 0 Å². The summed E-state index contributed by atoms with van der Waals surface area (Å²) in [4.78, 5) is 0. The van der Waals surface area contributed by atoms with Gasteiger partial charge in [0.25, 0.3) is 0 Å². The summed E-state index contributed by atoms with van der Waals surface area (Å²) in [5.41, 5.74) is 5.03. The van der Waals surface area contributed by atoms with E-state index in [2.05, 4.69) is 54.6 Å². The van der Waals surface area contributed by atoms with Crippen LogP contribution in [0.1, 0.15) is 29.4 Å². The van der Waals surface area contributed by atoms with Crippen molar-refractivity contribution in [2.24, 2.45) is 7.05 Å². The second-order valence-corrected chi connectivity index (χ2v) is 4.70. The van der Waals surface area contributed by atoms with Gasteiger partial charge in [0, 0.05) is 20.1 Å². The molecular weight excluding hydrogens is 222 g/mol. The van der Waals surface area contributed by atoms with Gasteiger partial charge in [0.15, 0.2) is 0 Å². The Bertz CT molecular complexity index is 514. The molecule has 0 bridgehead atoms. The fourth-order valence-corrected chi connectivity index (χ4v) is 2.07. The molecular formula is C15H21N3. The zero-order valence-electron chi connectivity index (χ0n) is 11.4. The number of hydrogen-bond donors (Lipinski definition) is 1. The summed E-state index contributed by atoms with van der Waals surface area (Å²) in [5.74, 6) is 0. The number of nitrogens with zero attached hydrogens (tertiary/aromatic N) is 2. The van der Waals surface area contributed by atoms with Crippen LogP contribution in [0.4, 0.5) is 0 Å². The number of aromatic nitrogens is 2. The fraction of sp³-hybridized carbons (Fsp3) is 0.400. The highest BCUT2D eigenvalue weighted by atomic mass is 15.3. The molecule has 3 heteroatoms. The van der Waals surface area contributed by atoms with Gasteiger partial charge in [-0.3, -0.25) is 4.68 Å². The minimum absolute atomic E-state index is 0.859. The van der Waals surface area contributed by atoms with Crippen molar-refractivity contribution in [3.05, 3.63) is 52.8 Å². The molecule has 0 saturated carbocycles. The molecule has 0 aliphatic heterocycles. The third kappa shape index (κ3) is 3.20. The van der Waals surface area contributed by atoms with E-state index in [-0.39, 0.29) is 0 Å². The van der Waals surface area contributed by atoms with Crippen LogP contribution in [0.5, 0.6) is 0 Å². The van der Waals surface area contributed by atoms with Gasteiger partial charge in [0.1, 0.15) is 0 Å². The van der Waals surface area contributed by atoms with E-state index in [1.165, 1.54) is 16.8 Å². The second kappa shape index (κ2) is 5.83. The number of rotatable bonds is 5. The summed E-state index contributed by atoms with van der Waals surface area (Å²) in [6, 6.07) is 10.8. The molecule has 3 nitrogen and oxygen atoms in total. The van der Waals surface area contributed by atoms with E-state index in [0.717, 1.165) is 25.2 Å². The molecule has 18 heavy (non-hydrogen) atoms. The molecule has 96 valence electrons. The van der Waals surface area contributed by atoms with Crippen LogP contribution >= 0.6 is 0 Å². The molecule has 2 aromatic rings. The van der Waals surface area contributed by atoms with E-state index >= 15 is 0 Å². The lowest BCUT2D eigenvalue weighted by molar-refractivity contribution is 0.623. The maximum Gasteiger partial charge on any atom is 0.0625 e. The molecule has 0 aliphatic carbocycles. The first-order valence-electron chi connectivity index (χ1n) is 6.47. The standard InChI is InChI=1S/C15H21N3/c1-4-14-9-15(18(3)17-14)11-16-10-13-7-5-6-12(2)8-13/h5-9,16H,4,10-11H2,1-3H3. The SMILES string of the molecule is CCc1cc(CNCc2cccc(C)c2)n(C)n1. The lowest BCUT2D eigenvalue weighted by Gasteiger charge is -2.06. The number of benzene rings is 1. The highest BCUT2D eigenvalue weighted by molar-refractivity contribution is 5.22. The summed E-state index contributed by atoms with van der Waals surface area (Å²) in [5, 5.41) is 7.91. The Hall–Kier alpha value is -1.61. The normalized spacial score (nSPS) is 10.8. The molecule has 1 aromatic heterocycles. The van der Waals surface area contributed by atoms with Crippen molar-refractivity contribution in [2.45, 2.75) is 33.4 Å². The molecule has 0 fully saturated rings. The lowest BCUT2D eigenvalue weighted by atomic mass is 10.1. The third-order valence-corrected chi connectivity index (χ3v) is 3.11. The van der Waals surface area contributed by atoms with Gasteiger partial charge in [0.2, 0.25) is 0 Å². The molecule has 0 radical (unpaired) electrons. The van der Waals surface area contributed by atoms with E-state index in [9.17, 15) is 0 Å². The molecule has 1 aromatic carbocycles. The summed E-state index contributed by atoms with van der Waals surface area (Å²) in [7, 11) is 2.00. The van der Waals surface area contributed by atoms with Crippen LogP contribution in [0.3, 0.4) is 0 Å². The van der Waals surface area contributed by atoms with E-state index in [4.69, 9.17) is 0 Å². The van der Waals surface area contributed by atoms with E-state index in [1.54, 1.807) is 0 Å². The van der Waals surface area contributed by atoms with Crippen LogP contribution in [0, 0.1) is 6.92 Å². The zero-order chi connectivity index (χ0) is 13.0. The maximum absolute atomic E-state index is 4.45. The van der Waals surface area contributed by atoms with E-state index in [0.29, 0.717) is 0 Å². The van der Waals surface area contributed by atoms with E-state index in [1.807, 2.05) is 11.7 Å². The van der Waals surface area contributed by atoms with Crippen LogP contribution in [0.25, 0.3) is 0 Å². The van der Waals surface area contributed by atoms with Gasteiger partial charge in [-0.15, -0.1) is 0 Å². The average molecular weight is 243 g/mol. The van der Waals surface area contributed by atoms with Gasteiger partial charge in [-0.05, 0) is 25.0 Å². The van der Waals surface area contributed by atoms with Crippen LogP contribution in [-0.4, -0.2) is 9.78 Å². The summed E-state index contributed by atoms with van der Waals surface area (Å²) >= 11 is 0. The Morgan fingerprint density at radius 2 is 2.06 bits per heavy atom. The Labute approximate surface area is 109 Å². The van der Waals surface area contributed by atoms with E-state index < -0.39 is 0 Å². The number of nitrogens with one attached hydrogen (secondary N) is 1. The Morgan fingerprint density at radius 3 is 2.72 bits per heavy atom. The lowest BCUT2D eigenvalue weighted by Crippen LogP contribution is -2.15. The van der Waals surface area contributed by atoms with Gasteiger partial charge in [-0.25, -0.2) is 0 Å². The molecule has 0 unspecified atom stereocenters. The molecule has 1 heterocycles. The first kappa shape index (κ1) is 12.8. The smallest absolute Gasteiger partial charge is 0.0625 e. The summed E-state index contributed by atoms with van der Waals surface area (Å²) in [6.45, 7) is 6.01.